The SMILES string of the molecule is N#Cc1cccc(S(=O)(=O)N(Cc2ccc(Cl)cc2)c2ccc(F)c(C(=O)N3CCCC(O)C3)c2)c1.N#Cc1cccc(S(=O)(=O)N(Cc2ccc(Cl)cc2)c2ccc(F)c(C(=O)N3CC[C@@H](O)C3)c2)c1. The minimum absolute atomic E-state index is 0.0757. The number of benzene rings is 6. The smallest absolute Gasteiger partial charge is 0.264 e. The highest BCUT2D eigenvalue weighted by molar-refractivity contribution is 7.93. The lowest BCUT2D eigenvalue weighted by atomic mass is 10.1. The van der Waals surface area contributed by atoms with E-state index in [-0.39, 0.29) is 76.1 Å². The molecule has 2 amide bonds. The number of hydrogen-bond donors (Lipinski definition) is 2. The van der Waals surface area contributed by atoms with Crippen molar-refractivity contribution >= 4 is 66.4 Å². The van der Waals surface area contributed by atoms with Crippen molar-refractivity contribution in [3.63, 3.8) is 0 Å². The van der Waals surface area contributed by atoms with E-state index in [1.165, 1.54) is 82.6 Å². The molecule has 0 bridgehead atoms. The van der Waals surface area contributed by atoms with Crippen LogP contribution in [0.3, 0.4) is 0 Å². The predicted molar refractivity (Wildman–Crippen MR) is 262 cm³/mol. The summed E-state index contributed by atoms with van der Waals surface area (Å²) in [5.41, 5.74) is 1.12. The molecule has 0 aliphatic carbocycles. The summed E-state index contributed by atoms with van der Waals surface area (Å²) in [6, 6.07) is 35.2. The van der Waals surface area contributed by atoms with Crippen LogP contribution in [-0.2, 0) is 33.1 Å². The maximum atomic E-state index is 14.8. The number of rotatable bonds is 12. The number of piperidine rings is 1. The molecule has 6 aromatic rings. The van der Waals surface area contributed by atoms with Gasteiger partial charge in [0.15, 0.2) is 0 Å². The highest BCUT2D eigenvalue weighted by Crippen LogP contribution is 2.32. The second-order valence-electron chi connectivity index (χ2n) is 16.6. The Morgan fingerprint density at radius 3 is 1.39 bits per heavy atom. The molecule has 1 unspecified atom stereocenters. The molecule has 0 saturated carbocycles. The summed E-state index contributed by atoms with van der Waals surface area (Å²) in [7, 11) is -8.44. The van der Waals surface area contributed by atoms with Gasteiger partial charge in [-0.2, -0.15) is 10.5 Å². The predicted octanol–water partition coefficient (Wildman–Crippen LogP) is 8.30. The number of anilines is 2. The first-order valence-electron chi connectivity index (χ1n) is 22.0. The van der Waals surface area contributed by atoms with Gasteiger partial charge in [-0.05, 0) is 127 Å². The average molecular weight is 1040 g/mol. The van der Waals surface area contributed by atoms with Gasteiger partial charge in [0.25, 0.3) is 31.9 Å². The van der Waals surface area contributed by atoms with Crippen molar-refractivity contribution in [3.05, 3.63) is 189 Å². The molecule has 20 heteroatoms. The van der Waals surface area contributed by atoms with Crippen molar-refractivity contribution in [1.29, 1.82) is 10.5 Å². The highest BCUT2D eigenvalue weighted by Gasteiger charge is 2.32. The Kier molecular flexibility index (Phi) is 16.4. The number of hydrogen-bond acceptors (Lipinski definition) is 10. The molecular formula is C51H44Cl2F2N6O8S2. The molecule has 2 heterocycles. The largest absolute Gasteiger partial charge is 0.391 e. The van der Waals surface area contributed by atoms with Crippen molar-refractivity contribution in [3.8, 4) is 12.1 Å². The van der Waals surface area contributed by atoms with Crippen molar-refractivity contribution in [2.75, 3.05) is 34.8 Å². The third-order valence-electron chi connectivity index (χ3n) is 11.7. The fourth-order valence-corrected chi connectivity index (χ4v) is 11.2. The van der Waals surface area contributed by atoms with Crippen LogP contribution in [0.5, 0.6) is 0 Å². The molecular weight excluding hydrogens is 998 g/mol. The van der Waals surface area contributed by atoms with Gasteiger partial charge in [0.1, 0.15) is 11.6 Å². The van der Waals surface area contributed by atoms with Crippen molar-refractivity contribution in [2.45, 2.75) is 54.4 Å². The monoisotopic (exact) mass is 1040 g/mol. The van der Waals surface area contributed by atoms with Gasteiger partial charge in [-0.1, -0.05) is 59.6 Å². The van der Waals surface area contributed by atoms with Crippen LogP contribution < -0.4 is 8.61 Å². The van der Waals surface area contributed by atoms with Gasteiger partial charge in [0, 0.05) is 36.2 Å². The standard InChI is InChI=1S/C26H23ClFN3O4S.C25H21ClFN3O4S/c27-20-8-6-18(7-9-20)16-31(36(34,35)23-5-1-3-19(13-23)15-29)21-10-11-25(28)24(14-21)26(33)30-12-2-4-22(32)17-30;26-19-6-4-17(5-7-19)15-30(35(33,34)22-3-1-2-18(12-22)14-28)20-8-9-24(27)23(13-20)25(32)29-11-10-21(31)16-29/h1,3,5-11,13-14,22,32H,2,4,12,16-17H2;1-9,12-13,21,31H,10-11,15-16H2/t;21-/m.1/s1. The third kappa shape index (κ3) is 12.4. The maximum absolute atomic E-state index is 14.8. The van der Waals surface area contributed by atoms with Gasteiger partial charge >= 0.3 is 0 Å². The molecule has 2 aliphatic heterocycles. The molecule has 2 aliphatic rings. The molecule has 14 nitrogen and oxygen atoms in total. The van der Waals surface area contributed by atoms with E-state index >= 15 is 0 Å². The van der Waals surface area contributed by atoms with Crippen LogP contribution in [0.25, 0.3) is 0 Å². The van der Waals surface area contributed by atoms with Crippen LogP contribution >= 0.6 is 23.2 Å². The Hall–Kier alpha value is -6.90. The minimum atomic E-state index is -4.22. The Balaban J connectivity index is 0.000000209. The van der Waals surface area contributed by atoms with Gasteiger partial charge in [0.2, 0.25) is 0 Å². The molecule has 0 spiro atoms. The lowest BCUT2D eigenvalue weighted by Crippen LogP contribution is -2.42. The summed E-state index contributed by atoms with van der Waals surface area (Å²) >= 11 is 11.9. The van der Waals surface area contributed by atoms with E-state index in [9.17, 15) is 55.9 Å². The summed E-state index contributed by atoms with van der Waals surface area (Å²) in [5, 5.41) is 39.1. The van der Waals surface area contributed by atoms with Crippen molar-refractivity contribution < 1.29 is 45.4 Å². The van der Waals surface area contributed by atoms with Crippen molar-refractivity contribution in [2.24, 2.45) is 0 Å². The van der Waals surface area contributed by atoms with Crippen LogP contribution in [0.1, 0.15) is 62.2 Å². The first-order valence-corrected chi connectivity index (χ1v) is 25.6. The van der Waals surface area contributed by atoms with E-state index in [1.54, 1.807) is 48.5 Å². The molecule has 0 radical (unpaired) electrons. The number of nitriles is 2. The molecule has 2 saturated heterocycles. The lowest BCUT2D eigenvalue weighted by molar-refractivity contribution is 0.0470. The first-order chi connectivity index (χ1) is 33.9. The van der Waals surface area contributed by atoms with Gasteiger partial charge < -0.3 is 20.0 Å². The third-order valence-corrected chi connectivity index (χ3v) is 15.7. The molecule has 2 atom stereocenters. The number of likely N-dealkylation sites (tertiary alicyclic amines) is 2. The second-order valence-corrected chi connectivity index (χ2v) is 21.2. The highest BCUT2D eigenvalue weighted by atomic mass is 35.5. The van der Waals surface area contributed by atoms with E-state index in [1.807, 2.05) is 12.1 Å². The van der Waals surface area contributed by atoms with Crippen LogP contribution in [0.2, 0.25) is 10.0 Å². The molecule has 6 aromatic carbocycles. The number of nitrogens with zero attached hydrogens (tertiary/aromatic N) is 6. The Morgan fingerprint density at radius 1 is 0.592 bits per heavy atom. The number of carbonyl (C=O) groups is 2. The zero-order chi connectivity index (χ0) is 51.0. The van der Waals surface area contributed by atoms with Gasteiger partial charge in [0.05, 0.1) is 80.9 Å². The summed E-state index contributed by atoms with van der Waals surface area (Å²) < 4.78 is 86.5. The Labute approximate surface area is 419 Å². The summed E-state index contributed by atoms with van der Waals surface area (Å²) in [6.07, 6.45) is 0.156. The van der Waals surface area contributed by atoms with Gasteiger partial charge in [-0.3, -0.25) is 18.2 Å². The fourth-order valence-electron chi connectivity index (χ4n) is 7.92. The van der Waals surface area contributed by atoms with E-state index in [0.717, 1.165) is 20.7 Å². The molecule has 2 N–H and O–H groups in total. The quantitative estimate of drug-likeness (QED) is 0.120. The number of aliphatic hydroxyl groups is 2. The zero-order valence-electron chi connectivity index (χ0n) is 37.6. The van der Waals surface area contributed by atoms with E-state index in [4.69, 9.17) is 23.2 Å². The van der Waals surface area contributed by atoms with Crippen LogP contribution in [-0.4, -0.2) is 87.0 Å². The van der Waals surface area contributed by atoms with Crippen LogP contribution in [0.15, 0.2) is 143 Å². The number of halogens is 4. The summed E-state index contributed by atoms with van der Waals surface area (Å²) in [5.74, 6) is -2.84. The molecule has 366 valence electrons. The lowest BCUT2D eigenvalue weighted by Gasteiger charge is -2.31. The number of sulfonamides is 2. The number of carbonyl (C=O) groups excluding carboxylic acids is 2. The molecule has 2 fully saturated rings. The van der Waals surface area contributed by atoms with Gasteiger partial charge in [-0.25, -0.2) is 25.6 Å². The average Bonchev–Trinajstić information content (AvgIpc) is 3.82. The van der Waals surface area contributed by atoms with Gasteiger partial charge in [-0.15, -0.1) is 0 Å². The zero-order valence-corrected chi connectivity index (χ0v) is 40.7. The van der Waals surface area contributed by atoms with Crippen molar-refractivity contribution in [1.82, 2.24) is 9.80 Å². The Bertz CT molecular complexity index is 3270. The van der Waals surface area contributed by atoms with Crippen LogP contribution in [0, 0.1) is 34.3 Å². The minimum Gasteiger partial charge on any atom is -0.391 e. The van der Waals surface area contributed by atoms with Crippen LogP contribution in [0.4, 0.5) is 20.2 Å². The fraction of sp³-hybridized carbons (Fsp3) is 0.216. The van der Waals surface area contributed by atoms with E-state index < -0.39 is 55.7 Å². The first kappa shape index (κ1) is 51.9. The van der Waals surface area contributed by atoms with E-state index in [0.29, 0.717) is 47.0 Å². The number of amides is 2. The second kappa shape index (κ2) is 22.5. The Morgan fingerprint density at radius 2 is 1.00 bits per heavy atom. The molecule has 0 aromatic heterocycles. The molecule has 8 rings (SSSR count). The number of aliphatic hydroxyl groups excluding tert-OH is 2. The normalized spacial score (nSPS) is 15.7. The topological polar surface area (TPSA) is 203 Å². The van der Waals surface area contributed by atoms with E-state index in [2.05, 4.69) is 0 Å². The molecule has 71 heavy (non-hydrogen) atoms. The summed E-state index contributed by atoms with van der Waals surface area (Å²) in [6.45, 7) is 0.549. The maximum Gasteiger partial charge on any atom is 0.264 e. The summed E-state index contributed by atoms with van der Waals surface area (Å²) in [4.78, 5) is 28.5. The number of β-amino-alcohol motifs (C(OH)–C–C–N with tert-alkyl or cyclic N) is 2.